The van der Waals surface area contributed by atoms with Crippen LogP contribution in [0.3, 0.4) is 0 Å². The number of carbonyl (C=O) groups is 1. The molecule has 2 aliphatic rings. The van der Waals surface area contributed by atoms with Gasteiger partial charge in [-0.05, 0) is 48.1 Å². The molecule has 1 aliphatic carbocycles. The summed E-state index contributed by atoms with van der Waals surface area (Å²) in [5.41, 5.74) is 1.22. The number of carbonyl (C=O) groups excluding carboxylic acids is 1. The van der Waals surface area contributed by atoms with Crippen molar-refractivity contribution in [2.45, 2.75) is 63.4 Å². The molecule has 0 spiro atoms. The van der Waals surface area contributed by atoms with Gasteiger partial charge in [-0.15, -0.1) is 0 Å². The van der Waals surface area contributed by atoms with Crippen LogP contribution in [0.5, 0.6) is 0 Å². The predicted octanol–water partition coefficient (Wildman–Crippen LogP) is 2.91. The number of rotatable bonds is 5. The van der Waals surface area contributed by atoms with Gasteiger partial charge in [0.2, 0.25) is 5.91 Å². The molecule has 1 saturated heterocycles. The van der Waals surface area contributed by atoms with Crippen LogP contribution >= 0.6 is 11.3 Å². The van der Waals surface area contributed by atoms with Gasteiger partial charge in [-0.25, -0.2) is 0 Å². The highest BCUT2D eigenvalue weighted by molar-refractivity contribution is 7.07. The second-order valence-corrected chi connectivity index (χ2v) is 6.82. The lowest BCUT2D eigenvalue weighted by atomic mass is 10.1. The number of hydrogen-bond acceptors (Lipinski definition) is 4. The summed E-state index contributed by atoms with van der Waals surface area (Å²) in [6.45, 7) is 2.13. The summed E-state index contributed by atoms with van der Waals surface area (Å²) < 4.78 is 5.48. The van der Waals surface area contributed by atoms with Gasteiger partial charge in [-0.2, -0.15) is 11.3 Å². The van der Waals surface area contributed by atoms with Crippen LogP contribution in [0.2, 0.25) is 0 Å². The van der Waals surface area contributed by atoms with E-state index in [1.807, 2.05) is 0 Å². The smallest absolute Gasteiger partial charge is 0.241 e. The zero-order chi connectivity index (χ0) is 14.8. The first kappa shape index (κ1) is 15.0. The van der Waals surface area contributed by atoms with Crippen molar-refractivity contribution >= 4 is 17.2 Å². The molecule has 116 valence electrons. The zero-order valence-corrected chi connectivity index (χ0v) is 13.6. The standard InChI is InChI=1S/C16H24N2O2S/c1-3-4-14-16(19)18(12-5-6-13(9-12)20-2)15(17-14)11-7-8-21-10-11/h7-8,10,12-15,17H,3-6,9H2,1-2H3. The van der Waals surface area contributed by atoms with Gasteiger partial charge >= 0.3 is 0 Å². The fourth-order valence-electron chi connectivity index (χ4n) is 3.61. The van der Waals surface area contributed by atoms with E-state index in [9.17, 15) is 4.79 Å². The van der Waals surface area contributed by atoms with Crippen molar-refractivity contribution in [3.8, 4) is 0 Å². The van der Waals surface area contributed by atoms with Crippen LogP contribution < -0.4 is 5.32 Å². The fraction of sp³-hybridized carbons (Fsp3) is 0.688. The topological polar surface area (TPSA) is 41.6 Å². The molecule has 4 nitrogen and oxygen atoms in total. The Morgan fingerprint density at radius 2 is 2.33 bits per heavy atom. The first-order valence-electron chi connectivity index (χ1n) is 7.87. The van der Waals surface area contributed by atoms with Crippen LogP contribution in [0.15, 0.2) is 16.8 Å². The molecule has 1 N–H and O–H groups in total. The van der Waals surface area contributed by atoms with E-state index in [1.54, 1.807) is 18.4 Å². The highest BCUT2D eigenvalue weighted by Gasteiger charge is 2.44. The normalized spacial score (nSPS) is 33.0. The van der Waals surface area contributed by atoms with E-state index in [-0.39, 0.29) is 18.1 Å². The van der Waals surface area contributed by atoms with Crippen molar-refractivity contribution in [3.05, 3.63) is 22.4 Å². The summed E-state index contributed by atoms with van der Waals surface area (Å²) in [5, 5.41) is 7.78. The molecule has 1 saturated carbocycles. The Morgan fingerprint density at radius 1 is 1.48 bits per heavy atom. The quantitative estimate of drug-likeness (QED) is 0.909. The molecule has 2 fully saturated rings. The third-order valence-electron chi connectivity index (χ3n) is 4.71. The Bertz CT molecular complexity index is 477. The van der Waals surface area contributed by atoms with Crippen molar-refractivity contribution in [1.29, 1.82) is 0 Å². The van der Waals surface area contributed by atoms with E-state index in [0.717, 1.165) is 32.1 Å². The molecule has 0 bridgehead atoms. The average molecular weight is 308 g/mol. The van der Waals surface area contributed by atoms with Crippen molar-refractivity contribution in [2.75, 3.05) is 7.11 Å². The van der Waals surface area contributed by atoms with Crippen LogP contribution in [-0.2, 0) is 9.53 Å². The molecule has 4 unspecified atom stereocenters. The SMILES string of the molecule is CCCC1NC(c2ccsc2)N(C2CCC(OC)C2)C1=O. The monoisotopic (exact) mass is 308 g/mol. The molecular weight excluding hydrogens is 284 g/mol. The molecule has 0 radical (unpaired) electrons. The van der Waals surface area contributed by atoms with E-state index in [0.29, 0.717) is 12.1 Å². The molecule has 21 heavy (non-hydrogen) atoms. The number of amides is 1. The summed E-state index contributed by atoms with van der Waals surface area (Å²) in [5.74, 6) is 0.273. The molecule has 3 rings (SSSR count). The number of nitrogens with zero attached hydrogens (tertiary/aromatic N) is 1. The largest absolute Gasteiger partial charge is 0.381 e. The van der Waals surface area contributed by atoms with E-state index < -0.39 is 0 Å². The molecular formula is C16H24N2O2S. The van der Waals surface area contributed by atoms with Crippen molar-refractivity contribution in [2.24, 2.45) is 0 Å². The molecule has 4 atom stereocenters. The molecule has 1 aromatic rings. The highest BCUT2D eigenvalue weighted by Crippen LogP contribution is 2.36. The van der Waals surface area contributed by atoms with Gasteiger partial charge in [-0.3, -0.25) is 10.1 Å². The van der Waals surface area contributed by atoms with Gasteiger partial charge in [0.25, 0.3) is 0 Å². The minimum Gasteiger partial charge on any atom is -0.381 e. The predicted molar refractivity (Wildman–Crippen MR) is 84.2 cm³/mol. The van der Waals surface area contributed by atoms with Crippen LogP contribution in [0.4, 0.5) is 0 Å². The number of ether oxygens (including phenoxy) is 1. The van der Waals surface area contributed by atoms with Gasteiger partial charge in [0.15, 0.2) is 0 Å². The van der Waals surface area contributed by atoms with Crippen LogP contribution in [-0.4, -0.2) is 36.1 Å². The summed E-state index contributed by atoms with van der Waals surface area (Å²) in [7, 11) is 1.77. The Labute approximate surface area is 130 Å². The number of hydrogen-bond donors (Lipinski definition) is 1. The molecule has 1 amide bonds. The maximum absolute atomic E-state index is 12.8. The Balaban J connectivity index is 1.81. The van der Waals surface area contributed by atoms with Gasteiger partial charge in [0.1, 0.15) is 6.17 Å². The lowest BCUT2D eigenvalue weighted by molar-refractivity contribution is -0.132. The van der Waals surface area contributed by atoms with Crippen LogP contribution in [0, 0.1) is 0 Å². The zero-order valence-electron chi connectivity index (χ0n) is 12.7. The number of thiophene rings is 1. The molecule has 1 aromatic heterocycles. The lowest BCUT2D eigenvalue weighted by Gasteiger charge is -2.30. The van der Waals surface area contributed by atoms with E-state index in [4.69, 9.17) is 4.74 Å². The minimum atomic E-state index is -0.0264. The lowest BCUT2D eigenvalue weighted by Crippen LogP contribution is -2.39. The number of nitrogens with one attached hydrogen (secondary N) is 1. The molecule has 0 aromatic carbocycles. The molecule has 5 heteroatoms. The van der Waals surface area contributed by atoms with E-state index in [1.165, 1.54) is 5.56 Å². The maximum Gasteiger partial charge on any atom is 0.241 e. The van der Waals surface area contributed by atoms with Crippen molar-refractivity contribution in [1.82, 2.24) is 10.2 Å². The van der Waals surface area contributed by atoms with E-state index in [2.05, 4.69) is 34.0 Å². The fourth-order valence-corrected chi connectivity index (χ4v) is 4.29. The molecule has 2 heterocycles. The van der Waals surface area contributed by atoms with Gasteiger partial charge in [0, 0.05) is 13.2 Å². The van der Waals surface area contributed by atoms with E-state index >= 15 is 0 Å². The van der Waals surface area contributed by atoms with Crippen molar-refractivity contribution in [3.63, 3.8) is 0 Å². The second-order valence-electron chi connectivity index (χ2n) is 6.04. The van der Waals surface area contributed by atoms with Gasteiger partial charge in [0.05, 0.1) is 12.1 Å². The number of methoxy groups -OCH3 is 1. The van der Waals surface area contributed by atoms with Crippen molar-refractivity contribution < 1.29 is 9.53 Å². The third kappa shape index (κ3) is 2.87. The van der Waals surface area contributed by atoms with Gasteiger partial charge < -0.3 is 9.64 Å². The minimum absolute atomic E-state index is 0.0264. The summed E-state index contributed by atoms with van der Waals surface area (Å²) in [6, 6.07) is 2.41. The summed E-state index contributed by atoms with van der Waals surface area (Å²) in [6.07, 6.45) is 5.35. The van der Waals surface area contributed by atoms with Crippen LogP contribution in [0.25, 0.3) is 0 Å². The Hall–Kier alpha value is -0.910. The summed E-state index contributed by atoms with van der Waals surface area (Å²) >= 11 is 1.69. The van der Waals surface area contributed by atoms with Crippen LogP contribution in [0.1, 0.15) is 50.8 Å². The summed E-state index contributed by atoms with van der Waals surface area (Å²) in [4.78, 5) is 14.9. The molecule has 1 aliphatic heterocycles. The average Bonchev–Trinajstić information content (AvgIpc) is 3.19. The Kier molecular flexibility index (Phi) is 4.62. The third-order valence-corrected chi connectivity index (χ3v) is 5.41. The maximum atomic E-state index is 12.8. The Morgan fingerprint density at radius 3 is 2.95 bits per heavy atom. The van der Waals surface area contributed by atoms with Gasteiger partial charge in [-0.1, -0.05) is 13.3 Å². The highest BCUT2D eigenvalue weighted by atomic mass is 32.1. The second kappa shape index (κ2) is 6.46. The first-order chi connectivity index (χ1) is 10.2. The first-order valence-corrected chi connectivity index (χ1v) is 8.82.